The molecule has 1 aromatic heterocycles. The quantitative estimate of drug-likeness (QED) is 0.357. The Labute approximate surface area is 217 Å². The summed E-state index contributed by atoms with van der Waals surface area (Å²) in [5, 5.41) is 19.2. The Morgan fingerprint density at radius 2 is 1.92 bits per heavy atom. The Hall–Kier alpha value is -3.74. The van der Waals surface area contributed by atoms with Crippen LogP contribution >= 0.6 is 23.1 Å². The zero-order valence-corrected chi connectivity index (χ0v) is 21.2. The molecule has 2 aromatic carbocycles. The lowest BCUT2D eigenvalue weighted by atomic mass is 9.76. The minimum atomic E-state index is -0.496. The summed E-state index contributed by atoms with van der Waals surface area (Å²) in [4.78, 5) is 27.5. The first-order valence-corrected chi connectivity index (χ1v) is 13.4. The largest absolute Gasteiger partial charge is 0.384 e. The number of thioether (sulfide) groups is 1. The van der Waals surface area contributed by atoms with Crippen LogP contribution in [0.2, 0.25) is 0 Å². The van der Waals surface area contributed by atoms with Crippen molar-refractivity contribution in [1.29, 1.82) is 5.26 Å². The van der Waals surface area contributed by atoms with Crippen LogP contribution in [0.1, 0.15) is 46.7 Å². The molecule has 36 heavy (non-hydrogen) atoms. The van der Waals surface area contributed by atoms with E-state index in [1.54, 1.807) is 4.90 Å². The number of nitriles is 1. The summed E-state index contributed by atoms with van der Waals surface area (Å²) < 4.78 is 0.617. The standard InChI is InChI=1S/C27H23N5O2S2/c1-16-10-12-17(13-11-16)22(34)15-35-27-31-30-26(36-27)32-20-8-5-9-21(33)24(20)23(19(14-28)25(32)29)18-6-3-2-4-7-18/h2-4,6-7,10-13,23H,5,8-9,15,29H2,1H3. The molecule has 0 saturated heterocycles. The Bertz CT molecular complexity index is 1430. The van der Waals surface area contributed by atoms with E-state index in [0.29, 0.717) is 45.4 Å². The highest BCUT2D eigenvalue weighted by Crippen LogP contribution is 2.47. The van der Waals surface area contributed by atoms with Gasteiger partial charge in [0.1, 0.15) is 5.82 Å². The van der Waals surface area contributed by atoms with Crippen molar-refractivity contribution in [2.75, 3.05) is 10.7 Å². The van der Waals surface area contributed by atoms with Crippen molar-refractivity contribution in [3.63, 3.8) is 0 Å². The third kappa shape index (κ3) is 4.45. The van der Waals surface area contributed by atoms with Gasteiger partial charge in [-0.25, -0.2) is 0 Å². The Morgan fingerprint density at radius 3 is 2.64 bits per heavy atom. The normalized spacial score (nSPS) is 17.7. The van der Waals surface area contributed by atoms with Gasteiger partial charge in [-0.05, 0) is 25.3 Å². The smallest absolute Gasteiger partial charge is 0.219 e. The predicted octanol–water partition coefficient (Wildman–Crippen LogP) is 5.13. The highest BCUT2D eigenvalue weighted by atomic mass is 32.2. The van der Waals surface area contributed by atoms with Crippen LogP contribution in [-0.2, 0) is 4.79 Å². The molecule has 0 saturated carbocycles. The van der Waals surface area contributed by atoms with Gasteiger partial charge in [0, 0.05) is 23.3 Å². The van der Waals surface area contributed by atoms with Gasteiger partial charge in [0.25, 0.3) is 0 Å². The summed E-state index contributed by atoms with van der Waals surface area (Å²) in [5.74, 6) is 0.0367. The molecule has 9 heteroatoms. The van der Waals surface area contributed by atoms with Crippen LogP contribution in [0, 0.1) is 18.3 Å². The third-order valence-corrected chi connectivity index (χ3v) is 8.38. The molecular weight excluding hydrogens is 490 g/mol. The first-order valence-electron chi connectivity index (χ1n) is 11.5. The van der Waals surface area contributed by atoms with E-state index in [2.05, 4.69) is 16.3 Å². The molecule has 3 aromatic rings. The van der Waals surface area contributed by atoms with Crippen LogP contribution < -0.4 is 10.6 Å². The average Bonchev–Trinajstić information content (AvgIpc) is 3.36. The summed E-state index contributed by atoms with van der Waals surface area (Å²) >= 11 is 2.61. The van der Waals surface area contributed by atoms with Gasteiger partial charge in [-0.15, -0.1) is 10.2 Å². The van der Waals surface area contributed by atoms with Gasteiger partial charge in [-0.1, -0.05) is 83.3 Å². The summed E-state index contributed by atoms with van der Waals surface area (Å²) in [7, 11) is 0. The van der Waals surface area contributed by atoms with Gasteiger partial charge in [-0.3, -0.25) is 14.5 Å². The lowest BCUT2D eigenvalue weighted by molar-refractivity contribution is -0.116. The number of nitrogens with two attached hydrogens (primary N) is 1. The molecule has 1 aliphatic heterocycles. The van der Waals surface area contributed by atoms with E-state index >= 15 is 0 Å². The van der Waals surface area contributed by atoms with Crippen LogP contribution in [0.15, 0.2) is 81.6 Å². The van der Waals surface area contributed by atoms with Gasteiger partial charge in [-0.2, -0.15) is 5.26 Å². The van der Waals surface area contributed by atoms with Crippen LogP contribution in [0.3, 0.4) is 0 Å². The van der Waals surface area contributed by atoms with E-state index in [1.807, 2.05) is 61.5 Å². The second-order valence-electron chi connectivity index (χ2n) is 8.66. The predicted molar refractivity (Wildman–Crippen MR) is 141 cm³/mol. The van der Waals surface area contributed by atoms with Crippen LogP contribution in [0.5, 0.6) is 0 Å². The van der Waals surface area contributed by atoms with E-state index in [9.17, 15) is 14.9 Å². The first-order chi connectivity index (χ1) is 17.5. The second-order valence-corrected chi connectivity index (χ2v) is 10.8. The number of aromatic nitrogens is 2. The number of carbonyl (C=O) groups excluding carboxylic acids is 2. The molecule has 2 N–H and O–H groups in total. The molecule has 0 amide bonds. The van der Waals surface area contributed by atoms with E-state index in [4.69, 9.17) is 5.73 Å². The number of anilines is 1. The lowest BCUT2D eigenvalue weighted by Gasteiger charge is -2.38. The van der Waals surface area contributed by atoms with Crippen molar-refractivity contribution in [2.24, 2.45) is 5.73 Å². The molecule has 5 rings (SSSR count). The Morgan fingerprint density at radius 1 is 1.17 bits per heavy atom. The summed E-state index contributed by atoms with van der Waals surface area (Å²) in [6.07, 6.45) is 1.79. The molecule has 0 radical (unpaired) electrons. The fourth-order valence-corrected chi connectivity index (χ4v) is 6.36. The van der Waals surface area contributed by atoms with E-state index in [0.717, 1.165) is 16.8 Å². The molecule has 1 unspecified atom stereocenters. The van der Waals surface area contributed by atoms with Gasteiger partial charge in [0.05, 0.1) is 23.3 Å². The number of aryl methyl sites for hydroxylation is 1. The number of allylic oxidation sites excluding steroid dienone is 3. The fraction of sp³-hybridized carbons (Fsp3) is 0.222. The topological polar surface area (TPSA) is 113 Å². The Kier molecular flexibility index (Phi) is 6.72. The number of hydrogen-bond acceptors (Lipinski definition) is 9. The van der Waals surface area contributed by atoms with Crippen molar-refractivity contribution in [3.05, 3.63) is 94.0 Å². The van der Waals surface area contributed by atoms with Gasteiger partial charge in [0.15, 0.2) is 15.9 Å². The number of rotatable bonds is 6. The number of carbonyl (C=O) groups is 2. The molecule has 0 bridgehead atoms. The highest BCUT2D eigenvalue weighted by Gasteiger charge is 2.41. The maximum absolute atomic E-state index is 13.2. The lowest BCUT2D eigenvalue weighted by Crippen LogP contribution is -2.38. The molecular formula is C27H23N5O2S2. The number of benzene rings is 2. The molecule has 0 fully saturated rings. The zero-order chi connectivity index (χ0) is 25.2. The van der Waals surface area contributed by atoms with Crippen molar-refractivity contribution < 1.29 is 9.59 Å². The monoisotopic (exact) mass is 513 g/mol. The minimum Gasteiger partial charge on any atom is -0.384 e. The number of hydrogen-bond donors (Lipinski definition) is 1. The molecule has 2 heterocycles. The SMILES string of the molecule is Cc1ccc(C(=O)CSc2nnc(N3C(N)=C(C#N)C(c4ccccc4)C4=C3CCCC4=O)s2)cc1. The van der Waals surface area contributed by atoms with Crippen molar-refractivity contribution >= 4 is 39.8 Å². The van der Waals surface area contributed by atoms with Gasteiger partial charge in [0.2, 0.25) is 5.13 Å². The molecule has 0 spiro atoms. The maximum atomic E-state index is 13.2. The number of ketones is 2. The zero-order valence-electron chi connectivity index (χ0n) is 19.6. The fourth-order valence-electron chi connectivity index (χ4n) is 4.59. The molecule has 180 valence electrons. The van der Waals surface area contributed by atoms with Crippen LogP contribution in [-0.4, -0.2) is 27.5 Å². The van der Waals surface area contributed by atoms with Crippen molar-refractivity contribution in [2.45, 2.75) is 36.4 Å². The van der Waals surface area contributed by atoms with E-state index in [-0.39, 0.29) is 23.1 Å². The number of Topliss-reactive ketones (excluding diaryl/α,β-unsaturated/α-hetero) is 2. The van der Waals surface area contributed by atoms with Gasteiger partial charge >= 0.3 is 0 Å². The molecule has 1 aliphatic carbocycles. The highest BCUT2D eigenvalue weighted by molar-refractivity contribution is 8.01. The Balaban J connectivity index is 1.46. The number of nitrogens with zero attached hydrogens (tertiary/aromatic N) is 4. The summed E-state index contributed by atoms with van der Waals surface area (Å²) in [6.45, 7) is 1.98. The first kappa shape index (κ1) is 24.0. The minimum absolute atomic E-state index is 0.00877. The molecule has 2 aliphatic rings. The van der Waals surface area contributed by atoms with Crippen LogP contribution in [0.4, 0.5) is 5.13 Å². The summed E-state index contributed by atoms with van der Waals surface area (Å²) in [5.41, 5.74) is 10.9. The van der Waals surface area contributed by atoms with E-state index < -0.39 is 5.92 Å². The molecule has 7 nitrogen and oxygen atoms in total. The third-order valence-electron chi connectivity index (χ3n) is 6.33. The van der Waals surface area contributed by atoms with Crippen LogP contribution in [0.25, 0.3) is 0 Å². The maximum Gasteiger partial charge on any atom is 0.219 e. The average molecular weight is 514 g/mol. The summed E-state index contributed by atoms with van der Waals surface area (Å²) in [6, 6.07) is 19.3. The van der Waals surface area contributed by atoms with Crippen molar-refractivity contribution in [3.8, 4) is 6.07 Å². The van der Waals surface area contributed by atoms with Crippen molar-refractivity contribution in [1.82, 2.24) is 10.2 Å². The second kappa shape index (κ2) is 10.1. The van der Waals surface area contributed by atoms with E-state index in [1.165, 1.54) is 23.1 Å². The molecule has 1 atom stereocenters. The van der Waals surface area contributed by atoms with Gasteiger partial charge < -0.3 is 5.73 Å².